The fourth-order valence-corrected chi connectivity index (χ4v) is 3.94. The molecule has 0 aromatic heterocycles. The Balaban J connectivity index is 1.51. The van der Waals surface area contributed by atoms with Crippen LogP contribution in [0.15, 0.2) is 72.8 Å². The van der Waals surface area contributed by atoms with Gasteiger partial charge in [-0.2, -0.15) is 0 Å². The average molecular weight is 399 g/mol. The van der Waals surface area contributed by atoms with Crippen LogP contribution >= 0.6 is 0 Å². The van der Waals surface area contributed by atoms with Gasteiger partial charge < -0.3 is 10.2 Å². The first-order valence-corrected chi connectivity index (χ1v) is 10.6. The summed E-state index contributed by atoms with van der Waals surface area (Å²) in [6, 6.07) is 22.9. The number of aryl methyl sites for hydroxylation is 2. The minimum absolute atomic E-state index is 0.0144. The molecule has 1 aliphatic heterocycles. The van der Waals surface area contributed by atoms with Crippen molar-refractivity contribution in [3.05, 3.63) is 95.1 Å². The van der Waals surface area contributed by atoms with Crippen LogP contribution < -0.4 is 10.2 Å². The summed E-state index contributed by atoms with van der Waals surface area (Å²) in [5.41, 5.74) is 5.35. The minimum atomic E-state index is -0.119. The zero-order valence-electron chi connectivity index (χ0n) is 17.2. The van der Waals surface area contributed by atoms with E-state index in [0.717, 1.165) is 42.6 Å². The molecule has 4 heteroatoms. The lowest BCUT2D eigenvalue weighted by Crippen LogP contribution is -2.35. The van der Waals surface area contributed by atoms with Gasteiger partial charge in [0.1, 0.15) is 0 Å². The van der Waals surface area contributed by atoms with Gasteiger partial charge in [0.15, 0.2) is 0 Å². The van der Waals surface area contributed by atoms with Gasteiger partial charge in [-0.3, -0.25) is 9.59 Å². The van der Waals surface area contributed by atoms with E-state index in [1.807, 2.05) is 77.7 Å². The first-order chi connectivity index (χ1) is 14.7. The van der Waals surface area contributed by atoms with Crippen LogP contribution in [0, 0.1) is 0 Å². The Morgan fingerprint density at radius 1 is 0.933 bits per heavy atom. The molecular formula is C26H26N2O2. The number of nitrogens with zero attached hydrogens (tertiary/aromatic N) is 1. The number of rotatable bonds is 5. The number of carbonyl (C=O) groups is 2. The van der Waals surface area contributed by atoms with Crippen molar-refractivity contribution in [1.82, 2.24) is 0 Å². The molecule has 0 spiro atoms. The summed E-state index contributed by atoms with van der Waals surface area (Å²) < 4.78 is 0. The van der Waals surface area contributed by atoms with Crippen LogP contribution in [-0.4, -0.2) is 18.4 Å². The van der Waals surface area contributed by atoms with Crippen LogP contribution in [0.1, 0.15) is 51.6 Å². The summed E-state index contributed by atoms with van der Waals surface area (Å²) in [6.45, 7) is 2.85. The topological polar surface area (TPSA) is 49.4 Å². The van der Waals surface area contributed by atoms with E-state index in [1.165, 1.54) is 5.56 Å². The monoisotopic (exact) mass is 398 g/mol. The largest absolute Gasteiger partial charge is 0.322 e. The van der Waals surface area contributed by atoms with Gasteiger partial charge >= 0.3 is 0 Å². The van der Waals surface area contributed by atoms with Crippen LogP contribution in [0.4, 0.5) is 11.4 Å². The molecule has 0 saturated heterocycles. The average Bonchev–Trinajstić information content (AvgIpc) is 2.79. The third-order valence-corrected chi connectivity index (χ3v) is 5.48. The van der Waals surface area contributed by atoms with E-state index in [2.05, 4.69) is 12.2 Å². The Hall–Kier alpha value is -3.40. The molecular weight excluding hydrogens is 372 g/mol. The predicted octanol–water partition coefficient (Wildman–Crippen LogP) is 5.48. The zero-order chi connectivity index (χ0) is 20.9. The van der Waals surface area contributed by atoms with Crippen LogP contribution in [0.5, 0.6) is 0 Å². The Kier molecular flexibility index (Phi) is 5.94. The maximum atomic E-state index is 12.9. The van der Waals surface area contributed by atoms with Crippen LogP contribution in [0.25, 0.3) is 0 Å². The lowest BCUT2D eigenvalue weighted by atomic mass is 9.99. The van der Waals surface area contributed by atoms with Crippen molar-refractivity contribution in [1.29, 1.82) is 0 Å². The van der Waals surface area contributed by atoms with E-state index in [4.69, 9.17) is 0 Å². The standard InChI is InChI=1S/C26H26N2O2/c1-2-7-19-11-13-20(14-12-19)25(29)27-23-15-16-24-22(18-23)10-6-17-28(24)26(30)21-8-4-3-5-9-21/h3-5,8-9,11-16,18H,2,6-7,10,17H2,1H3,(H,27,29). The summed E-state index contributed by atoms with van der Waals surface area (Å²) in [6.07, 6.45) is 3.90. The van der Waals surface area contributed by atoms with Gasteiger partial charge in [0.25, 0.3) is 11.8 Å². The second kappa shape index (κ2) is 8.95. The second-order valence-corrected chi connectivity index (χ2v) is 7.67. The Morgan fingerprint density at radius 2 is 1.70 bits per heavy atom. The molecule has 0 saturated carbocycles. The summed E-state index contributed by atoms with van der Waals surface area (Å²) in [7, 11) is 0. The summed E-state index contributed by atoms with van der Waals surface area (Å²) in [4.78, 5) is 27.4. The number of anilines is 2. The number of hydrogen-bond acceptors (Lipinski definition) is 2. The molecule has 1 heterocycles. The highest BCUT2D eigenvalue weighted by atomic mass is 16.2. The lowest BCUT2D eigenvalue weighted by Gasteiger charge is -2.30. The first kappa shape index (κ1) is 19.9. The van der Waals surface area contributed by atoms with Crippen molar-refractivity contribution >= 4 is 23.2 Å². The third-order valence-electron chi connectivity index (χ3n) is 5.48. The molecule has 1 aliphatic rings. The normalized spacial score (nSPS) is 12.9. The van der Waals surface area contributed by atoms with Gasteiger partial charge in [-0.15, -0.1) is 0 Å². The van der Waals surface area contributed by atoms with Gasteiger partial charge in [0.05, 0.1) is 0 Å². The molecule has 0 unspecified atom stereocenters. The molecule has 0 aliphatic carbocycles. The molecule has 0 fully saturated rings. The highest BCUT2D eigenvalue weighted by Gasteiger charge is 2.24. The molecule has 4 rings (SSSR count). The van der Waals surface area contributed by atoms with Crippen molar-refractivity contribution in [3.8, 4) is 0 Å². The molecule has 152 valence electrons. The second-order valence-electron chi connectivity index (χ2n) is 7.67. The maximum absolute atomic E-state index is 12.9. The summed E-state index contributed by atoms with van der Waals surface area (Å²) in [5.74, 6) is -0.105. The lowest BCUT2D eigenvalue weighted by molar-refractivity contribution is 0.0983. The molecule has 0 radical (unpaired) electrons. The van der Waals surface area contributed by atoms with Crippen molar-refractivity contribution < 1.29 is 9.59 Å². The number of amides is 2. The van der Waals surface area contributed by atoms with E-state index >= 15 is 0 Å². The van der Waals surface area contributed by atoms with Crippen molar-refractivity contribution in [3.63, 3.8) is 0 Å². The number of fused-ring (bicyclic) bond motifs is 1. The zero-order valence-corrected chi connectivity index (χ0v) is 17.2. The van der Waals surface area contributed by atoms with Crippen LogP contribution in [-0.2, 0) is 12.8 Å². The van der Waals surface area contributed by atoms with Crippen molar-refractivity contribution in [2.45, 2.75) is 32.6 Å². The van der Waals surface area contributed by atoms with E-state index < -0.39 is 0 Å². The quantitative estimate of drug-likeness (QED) is 0.618. The van der Waals surface area contributed by atoms with E-state index in [-0.39, 0.29) is 11.8 Å². The molecule has 4 nitrogen and oxygen atoms in total. The van der Waals surface area contributed by atoms with Gasteiger partial charge in [-0.25, -0.2) is 0 Å². The molecule has 0 atom stereocenters. The third kappa shape index (κ3) is 4.28. The van der Waals surface area contributed by atoms with Crippen LogP contribution in [0.2, 0.25) is 0 Å². The fraction of sp³-hybridized carbons (Fsp3) is 0.231. The first-order valence-electron chi connectivity index (χ1n) is 10.6. The number of hydrogen-bond donors (Lipinski definition) is 1. The summed E-state index contributed by atoms with van der Waals surface area (Å²) >= 11 is 0. The molecule has 30 heavy (non-hydrogen) atoms. The number of carbonyl (C=O) groups excluding carboxylic acids is 2. The number of benzene rings is 3. The van der Waals surface area contributed by atoms with E-state index in [0.29, 0.717) is 17.7 Å². The highest BCUT2D eigenvalue weighted by Crippen LogP contribution is 2.31. The molecule has 3 aromatic carbocycles. The van der Waals surface area contributed by atoms with Gasteiger partial charge in [0.2, 0.25) is 0 Å². The Morgan fingerprint density at radius 3 is 2.43 bits per heavy atom. The van der Waals surface area contributed by atoms with Gasteiger partial charge in [-0.1, -0.05) is 43.7 Å². The minimum Gasteiger partial charge on any atom is -0.322 e. The van der Waals surface area contributed by atoms with Gasteiger partial charge in [-0.05, 0) is 72.9 Å². The maximum Gasteiger partial charge on any atom is 0.258 e. The van der Waals surface area contributed by atoms with Gasteiger partial charge in [0, 0.05) is 29.0 Å². The van der Waals surface area contributed by atoms with Crippen molar-refractivity contribution in [2.24, 2.45) is 0 Å². The molecule has 0 bridgehead atoms. The van der Waals surface area contributed by atoms with E-state index in [9.17, 15) is 9.59 Å². The SMILES string of the molecule is CCCc1ccc(C(=O)Nc2ccc3c(c2)CCCN3C(=O)c2ccccc2)cc1. The predicted molar refractivity (Wildman–Crippen MR) is 121 cm³/mol. The smallest absolute Gasteiger partial charge is 0.258 e. The van der Waals surface area contributed by atoms with E-state index in [1.54, 1.807) is 0 Å². The fourth-order valence-electron chi connectivity index (χ4n) is 3.94. The number of nitrogens with one attached hydrogen (secondary N) is 1. The summed E-state index contributed by atoms with van der Waals surface area (Å²) in [5, 5.41) is 2.99. The Labute approximate surface area is 177 Å². The molecule has 3 aromatic rings. The molecule has 2 amide bonds. The Bertz CT molecular complexity index is 1040. The highest BCUT2D eigenvalue weighted by molar-refractivity contribution is 6.07. The van der Waals surface area contributed by atoms with Crippen LogP contribution in [0.3, 0.4) is 0 Å². The van der Waals surface area contributed by atoms with Crippen molar-refractivity contribution in [2.75, 3.05) is 16.8 Å². The molecule has 1 N–H and O–H groups in total.